The van der Waals surface area contributed by atoms with Gasteiger partial charge in [0.15, 0.2) is 0 Å². The van der Waals surface area contributed by atoms with Crippen LogP contribution in [-0.4, -0.2) is 40.5 Å². The lowest BCUT2D eigenvalue weighted by Crippen LogP contribution is -2.41. The molecule has 1 atom stereocenters. The number of carbonyl (C=O) groups excluding carboxylic acids is 1. The summed E-state index contributed by atoms with van der Waals surface area (Å²) in [6.07, 6.45) is 3.26. The quantitative estimate of drug-likeness (QED) is 0.815. The molecule has 1 aliphatic heterocycles. The minimum Gasteiger partial charge on any atom is -0.368 e. The molecule has 24 heavy (non-hydrogen) atoms. The lowest BCUT2D eigenvalue weighted by atomic mass is 10.1. The third-order valence-corrected chi connectivity index (χ3v) is 3.91. The first kappa shape index (κ1) is 16.3. The number of benzene rings is 1. The van der Waals surface area contributed by atoms with Gasteiger partial charge >= 0.3 is 0 Å². The molecule has 1 aromatic carbocycles. The van der Waals surface area contributed by atoms with E-state index in [1.807, 2.05) is 56.3 Å². The Morgan fingerprint density at radius 2 is 2.04 bits per heavy atom. The van der Waals surface area contributed by atoms with Crippen molar-refractivity contribution in [1.29, 1.82) is 0 Å². The normalized spacial score (nSPS) is 18.1. The predicted octanol–water partition coefficient (Wildman–Crippen LogP) is 2.71. The van der Waals surface area contributed by atoms with Gasteiger partial charge in [0.05, 0.1) is 18.8 Å². The molecule has 2 aromatic rings. The van der Waals surface area contributed by atoms with E-state index in [4.69, 9.17) is 4.74 Å². The fraction of sp³-hybridized carbons (Fsp3) is 0.316. The van der Waals surface area contributed by atoms with Crippen LogP contribution in [0.4, 0.5) is 0 Å². The molecule has 1 saturated heterocycles. The van der Waals surface area contributed by atoms with Gasteiger partial charge in [-0.2, -0.15) is 0 Å². The van der Waals surface area contributed by atoms with Crippen molar-refractivity contribution in [3.63, 3.8) is 0 Å². The van der Waals surface area contributed by atoms with E-state index >= 15 is 0 Å². The molecule has 0 bridgehead atoms. The van der Waals surface area contributed by atoms with Crippen molar-refractivity contribution in [2.75, 3.05) is 19.7 Å². The number of rotatable bonds is 3. The number of aryl methyl sites for hydroxylation is 2. The Morgan fingerprint density at radius 1 is 1.25 bits per heavy atom. The Kier molecular flexibility index (Phi) is 5.01. The van der Waals surface area contributed by atoms with Gasteiger partial charge in [-0.1, -0.05) is 30.3 Å². The first-order chi connectivity index (χ1) is 11.6. The number of aromatic nitrogens is 2. The number of ether oxygens (including phenoxy) is 1. The van der Waals surface area contributed by atoms with E-state index in [0.29, 0.717) is 19.7 Å². The van der Waals surface area contributed by atoms with Crippen molar-refractivity contribution in [3.8, 4) is 0 Å². The highest BCUT2D eigenvalue weighted by Gasteiger charge is 2.25. The van der Waals surface area contributed by atoms with Crippen LogP contribution in [0.3, 0.4) is 0 Å². The maximum absolute atomic E-state index is 12.4. The number of nitrogens with zero attached hydrogens (tertiary/aromatic N) is 3. The van der Waals surface area contributed by atoms with E-state index in [1.165, 1.54) is 0 Å². The summed E-state index contributed by atoms with van der Waals surface area (Å²) in [7, 11) is 0. The molecule has 0 unspecified atom stereocenters. The van der Waals surface area contributed by atoms with Crippen molar-refractivity contribution in [2.45, 2.75) is 20.0 Å². The molecule has 1 fully saturated rings. The monoisotopic (exact) mass is 323 g/mol. The summed E-state index contributed by atoms with van der Waals surface area (Å²) in [5.74, 6) is 0.718. The standard InChI is InChI=1S/C19H21N3O2/c1-14-12-17(21-15(2)20-14)18-13-22(10-11-24-18)19(23)9-8-16-6-4-3-5-7-16/h3-9,12,18H,10-11,13H2,1-2H3/b9-8+/t18-/m1/s1. The van der Waals surface area contributed by atoms with Crippen molar-refractivity contribution >= 4 is 12.0 Å². The zero-order chi connectivity index (χ0) is 16.9. The largest absolute Gasteiger partial charge is 0.368 e. The number of hydrogen-bond donors (Lipinski definition) is 0. The van der Waals surface area contributed by atoms with Crippen LogP contribution in [0.1, 0.15) is 28.9 Å². The van der Waals surface area contributed by atoms with Gasteiger partial charge in [-0.15, -0.1) is 0 Å². The topological polar surface area (TPSA) is 55.3 Å². The van der Waals surface area contributed by atoms with Gasteiger partial charge in [0.1, 0.15) is 11.9 Å². The smallest absolute Gasteiger partial charge is 0.246 e. The number of hydrogen-bond acceptors (Lipinski definition) is 4. The van der Waals surface area contributed by atoms with Gasteiger partial charge in [-0.05, 0) is 31.6 Å². The maximum Gasteiger partial charge on any atom is 0.246 e. The molecule has 1 amide bonds. The van der Waals surface area contributed by atoms with Gasteiger partial charge in [-0.3, -0.25) is 4.79 Å². The van der Waals surface area contributed by atoms with E-state index in [1.54, 1.807) is 11.0 Å². The van der Waals surface area contributed by atoms with Crippen LogP contribution in [0.2, 0.25) is 0 Å². The lowest BCUT2D eigenvalue weighted by Gasteiger charge is -2.32. The molecule has 0 N–H and O–H groups in total. The lowest BCUT2D eigenvalue weighted by molar-refractivity contribution is -0.133. The van der Waals surface area contributed by atoms with Crippen molar-refractivity contribution in [1.82, 2.24) is 14.9 Å². The summed E-state index contributed by atoms with van der Waals surface area (Å²) in [6, 6.07) is 11.7. The van der Waals surface area contributed by atoms with Gasteiger partial charge < -0.3 is 9.64 Å². The zero-order valence-corrected chi connectivity index (χ0v) is 14.0. The second-order valence-electron chi connectivity index (χ2n) is 5.87. The molecule has 5 heteroatoms. The highest BCUT2D eigenvalue weighted by atomic mass is 16.5. The van der Waals surface area contributed by atoms with E-state index in [0.717, 1.165) is 22.8 Å². The Labute approximate surface area is 142 Å². The van der Waals surface area contributed by atoms with Crippen LogP contribution in [0.25, 0.3) is 6.08 Å². The Bertz CT molecular complexity index is 723. The Balaban J connectivity index is 1.68. The molecule has 0 spiro atoms. The Morgan fingerprint density at radius 3 is 2.79 bits per heavy atom. The van der Waals surface area contributed by atoms with Crippen LogP contribution in [0, 0.1) is 13.8 Å². The summed E-state index contributed by atoms with van der Waals surface area (Å²) in [5.41, 5.74) is 2.76. The summed E-state index contributed by atoms with van der Waals surface area (Å²) in [5, 5.41) is 0. The molecular formula is C19H21N3O2. The highest BCUT2D eigenvalue weighted by Crippen LogP contribution is 2.21. The molecule has 0 radical (unpaired) electrons. The van der Waals surface area contributed by atoms with E-state index in [-0.39, 0.29) is 12.0 Å². The number of amides is 1. The molecular weight excluding hydrogens is 302 g/mol. The van der Waals surface area contributed by atoms with Gasteiger partial charge in [0.25, 0.3) is 0 Å². The van der Waals surface area contributed by atoms with Crippen LogP contribution in [0.5, 0.6) is 0 Å². The summed E-state index contributed by atoms with van der Waals surface area (Å²) in [6.45, 7) is 5.42. The third-order valence-electron chi connectivity index (χ3n) is 3.91. The minimum absolute atomic E-state index is 0.00495. The van der Waals surface area contributed by atoms with Crippen LogP contribution in [-0.2, 0) is 9.53 Å². The van der Waals surface area contributed by atoms with Crippen LogP contribution in [0.15, 0.2) is 42.5 Å². The predicted molar refractivity (Wildman–Crippen MR) is 92.3 cm³/mol. The van der Waals surface area contributed by atoms with Gasteiger partial charge in [0, 0.05) is 18.3 Å². The number of morpholine rings is 1. The molecule has 5 nitrogen and oxygen atoms in total. The first-order valence-electron chi connectivity index (χ1n) is 8.07. The molecule has 0 saturated carbocycles. The first-order valence-corrected chi connectivity index (χ1v) is 8.07. The van der Waals surface area contributed by atoms with Crippen molar-refractivity contribution in [3.05, 3.63) is 65.2 Å². The SMILES string of the molecule is Cc1cc([C@H]2CN(C(=O)/C=C/c3ccccc3)CCO2)nc(C)n1. The van der Waals surface area contributed by atoms with Crippen LogP contribution < -0.4 is 0 Å². The maximum atomic E-state index is 12.4. The van der Waals surface area contributed by atoms with Crippen molar-refractivity contribution < 1.29 is 9.53 Å². The highest BCUT2D eigenvalue weighted by molar-refractivity contribution is 5.91. The molecule has 1 aromatic heterocycles. The minimum atomic E-state index is -0.201. The third kappa shape index (κ3) is 4.06. The average Bonchev–Trinajstić information content (AvgIpc) is 2.60. The van der Waals surface area contributed by atoms with E-state index in [2.05, 4.69) is 9.97 Å². The zero-order valence-electron chi connectivity index (χ0n) is 14.0. The van der Waals surface area contributed by atoms with E-state index in [9.17, 15) is 4.79 Å². The molecule has 124 valence electrons. The van der Waals surface area contributed by atoms with Crippen LogP contribution >= 0.6 is 0 Å². The molecule has 2 heterocycles. The fourth-order valence-electron chi connectivity index (χ4n) is 2.78. The van der Waals surface area contributed by atoms with Crippen molar-refractivity contribution in [2.24, 2.45) is 0 Å². The fourth-order valence-corrected chi connectivity index (χ4v) is 2.78. The summed E-state index contributed by atoms with van der Waals surface area (Å²) in [4.78, 5) is 23.0. The second kappa shape index (κ2) is 7.36. The van der Waals surface area contributed by atoms with E-state index < -0.39 is 0 Å². The summed E-state index contributed by atoms with van der Waals surface area (Å²) >= 11 is 0. The van der Waals surface area contributed by atoms with Gasteiger partial charge in [-0.25, -0.2) is 9.97 Å². The van der Waals surface area contributed by atoms with Gasteiger partial charge in [0.2, 0.25) is 5.91 Å². The molecule has 3 rings (SSSR count). The molecule has 1 aliphatic rings. The second-order valence-corrected chi connectivity index (χ2v) is 5.87. The Hall–Kier alpha value is -2.53. The average molecular weight is 323 g/mol. The summed E-state index contributed by atoms with van der Waals surface area (Å²) < 4.78 is 5.81. The molecule has 0 aliphatic carbocycles. The number of carbonyl (C=O) groups is 1.